The second kappa shape index (κ2) is 11.2. The Hall–Kier alpha value is -4.09. The van der Waals surface area contributed by atoms with Crippen molar-refractivity contribution in [3.05, 3.63) is 126 Å². The average molecular weight is 625 g/mol. The molecule has 0 spiro atoms. The van der Waals surface area contributed by atoms with Gasteiger partial charge in [0.2, 0.25) is 0 Å². The van der Waals surface area contributed by atoms with Crippen molar-refractivity contribution in [1.29, 1.82) is 0 Å². The third kappa shape index (κ3) is 5.63. The van der Waals surface area contributed by atoms with E-state index in [2.05, 4.69) is 20.0 Å². The predicted octanol–water partition coefficient (Wildman–Crippen LogP) is 4.32. The molecule has 0 radical (unpaired) electrons. The molecule has 0 aliphatic heterocycles. The molecule has 0 saturated heterocycles. The Morgan fingerprint density at radius 3 is 2.18 bits per heavy atom. The fourth-order valence-electron chi connectivity index (χ4n) is 3.23. The van der Waals surface area contributed by atoms with Crippen LogP contribution in [0.4, 0.5) is 29.0 Å². The molecule has 0 aliphatic rings. The smallest absolute Gasteiger partial charge is 0.443 e. The Labute approximate surface area is 210 Å². The summed E-state index contributed by atoms with van der Waals surface area (Å²) in [6.45, 7) is 0. The molecule has 0 amide bonds. The Morgan fingerprint density at radius 1 is 0.647 bits per heavy atom. The molecule has 8 heteroatoms. The predicted molar refractivity (Wildman–Crippen MR) is 127 cm³/mol. The molecule has 0 unspecified atom stereocenters. The van der Waals surface area contributed by atoms with Gasteiger partial charge in [-0.2, -0.15) is 0 Å². The molecule has 34 heavy (non-hydrogen) atoms. The van der Waals surface area contributed by atoms with Crippen LogP contribution < -0.4 is 25.8 Å². The van der Waals surface area contributed by atoms with Gasteiger partial charge in [-0.05, 0) is 42.1 Å². The summed E-state index contributed by atoms with van der Waals surface area (Å²) in [5.41, 5.74) is 2.08. The number of pyridine rings is 4. The van der Waals surface area contributed by atoms with Gasteiger partial charge < -0.3 is 24.9 Å². The van der Waals surface area contributed by atoms with Crippen molar-refractivity contribution in [3.63, 3.8) is 0 Å². The molecule has 5 aromatic rings. The van der Waals surface area contributed by atoms with Crippen molar-refractivity contribution in [2.75, 3.05) is 4.90 Å². The summed E-state index contributed by atoms with van der Waals surface area (Å²) in [6, 6.07) is 32.5. The Morgan fingerprint density at radius 2 is 1.38 bits per heavy atom. The van der Waals surface area contributed by atoms with E-state index in [0.29, 0.717) is 34.2 Å². The Kier molecular flexibility index (Phi) is 7.58. The first-order valence-electron chi connectivity index (χ1n) is 10.4. The van der Waals surface area contributed by atoms with E-state index < -0.39 is 0 Å². The van der Waals surface area contributed by atoms with Gasteiger partial charge >= 0.3 is 21.1 Å². The van der Waals surface area contributed by atoms with Crippen LogP contribution in [-0.4, -0.2) is 9.97 Å². The zero-order valence-electron chi connectivity index (χ0n) is 17.9. The van der Waals surface area contributed by atoms with Gasteiger partial charge in [0.15, 0.2) is 0 Å². The third-order valence-corrected chi connectivity index (χ3v) is 4.67. The van der Waals surface area contributed by atoms with Crippen molar-refractivity contribution in [1.82, 2.24) is 19.9 Å². The molecule has 0 N–H and O–H groups in total. The van der Waals surface area contributed by atoms with Crippen molar-refractivity contribution in [2.24, 2.45) is 9.98 Å². The largest absolute Gasteiger partial charge is 2.00 e. The van der Waals surface area contributed by atoms with Crippen molar-refractivity contribution in [2.45, 2.75) is 0 Å². The van der Waals surface area contributed by atoms with E-state index in [1.807, 2.05) is 108 Å². The van der Waals surface area contributed by atoms with Gasteiger partial charge in [-0.3, -0.25) is 9.97 Å². The number of benzene rings is 1. The van der Waals surface area contributed by atoms with Crippen LogP contribution in [0.5, 0.6) is 0 Å². The summed E-state index contributed by atoms with van der Waals surface area (Å²) >= 11 is 0. The number of aromatic nitrogens is 4. The molecule has 4 aromatic heterocycles. The van der Waals surface area contributed by atoms with Crippen LogP contribution in [0.25, 0.3) is 0 Å². The number of anilines is 3. The van der Waals surface area contributed by atoms with Gasteiger partial charge in [-0.25, -0.2) is 0 Å². The monoisotopic (exact) mass is 624 g/mol. The van der Waals surface area contributed by atoms with Gasteiger partial charge in [0.1, 0.15) is 0 Å². The molecule has 0 fully saturated rings. The number of hydrogen-bond donors (Lipinski definition) is 0. The van der Waals surface area contributed by atoms with Crippen molar-refractivity contribution < 1.29 is 21.1 Å². The number of hydrogen-bond acceptors (Lipinski definition) is 5. The minimum absolute atomic E-state index is 0. The first-order chi connectivity index (χ1) is 16.3. The van der Waals surface area contributed by atoms with Crippen LogP contribution in [0.1, 0.15) is 0 Å². The summed E-state index contributed by atoms with van der Waals surface area (Å²) in [6.07, 6.45) is 3.42. The van der Waals surface area contributed by atoms with Crippen LogP contribution >= 0.6 is 0 Å². The number of rotatable bonds is 5. The van der Waals surface area contributed by atoms with E-state index in [9.17, 15) is 0 Å². The van der Waals surface area contributed by atoms with E-state index >= 15 is 0 Å². The molecule has 168 valence electrons. The molecular formula is C26H19N7Pt. The van der Waals surface area contributed by atoms with E-state index in [-0.39, 0.29) is 21.1 Å². The summed E-state index contributed by atoms with van der Waals surface area (Å²) < 4.78 is 0. The maximum absolute atomic E-state index is 4.77. The molecule has 5 rings (SSSR count). The van der Waals surface area contributed by atoms with Crippen LogP contribution in [-0.2, 0) is 21.1 Å². The maximum Gasteiger partial charge on any atom is 2.00 e. The first-order valence-corrected chi connectivity index (χ1v) is 10.4. The van der Waals surface area contributed by atoms with E-state index in [0.717, 1.165) is 5.69 Å². The number of nitrogens with zero attached hydrogens (tertiary/aromatic N) is 7. The molecule has 0 aliphatic carbocycles. The fourth-order valence-corrected chi connectivity index (χ4v) is 3.23. The van der Waals surface area contributed by atoms with Crippen molar-refractivity contribution in [3.8, 4) is 0 Å². The van der Waals surface area contributed by atoms with Crippen LogP contribution in [0.2, 0.25) is 0 Å². The Bertz CT molecular complexity index is 1460. The standard InChI is InChI=1S/C26H19N7.Pt/c1-2-10-20(11-3-1)33(25-16-8-14-23(31-25)29-21-12-4-6-18-27-21)26-17-9-15-24(32-26)30-22-13-5-7-19-28-22;/h1-19H;/q-2;+2. The molecule has 7 nitrogen and oxygen atoms in total. The molecule has 0 bridgehead atoms. The summed E-state index contributed by atoms with van der Waals surface area (Å²) in [4.78, 5) is 29.1. The molecule has 1 aromatic carbocycles. The molecule has 4 heterocycles. The maximum atomic E-state index is 4.77. The van der Waals surface area contributed by atoms with E-state index in [4.69, 9.17) is 9.97 Å². The fraction of sp³-hybridized carbons (Fsp3) is 0. The quantitative estimate of drug-likeness (QED) is 0.291. The second-order valence-corrected chi connectivity index (χ2v) is 6.98. The summed E-state index contributed by atoms with van der Waals surface area (Å²) in [7, 11) is 0. The van der Waals surface area contributed by atoms with Gasteiger partial charge in [-0.1, -0.05) is 78.4 Å². The Balaban J connectivity index is 0.00000274. The van der Waals surface area contributed by atoms with Crippen molar-refractivity contribution >= 4 is 29.0 Å². The van der Waals surface area contributed by atoms with Crippen LogP contribution in [0.3, 0.4) is 0 Å². The van der Waals surface area contributed by atoms with Gasteiger partial charge in [-0.15, -0.1) is 0 Å². The van der Waals surface area contributed by atoms with E-state index in [1.165, 1.54) is 0 Å². The number of para-hydroxylation sites is 1. The zero-order valence-corrected chi connectivity index (χ0v) is 20.2. The minimum atomic E-state index is 0. The zero-order chi connectivity index (χ0) is 22.3. The minimum Gasteiger partial charge on any atom is -0.443 e. The SMILES string of the molecule is [Pt+2].c1ccc(N(c2cccc(N=c3cccc[n-]3)n2)c2ccc/c(=N/c3ccccn3)[n-]2)cc1. The normalized spacial score (nSPS) is 11.6. The third-order valence-electron chi connectivity index (χ3n) is 4.67. The van der Waals surface area contributed by atoms with Gasteiger partial charge in [0.25, 0.3) is 0 Å². The molecular weight excluding hydrogens is 605 g/mol. The summed E-state index contributed by atoms with van der Waals surface area (Å²) in [5, 5.41) is 0. The molecule has 0 atom stereocenters. The topological polar surface area (TPSA) is 81.9 Å². The summed E-state index contributed by atoms with van der Waals surface area (Å²) in [5.74, 6) is 2.52. The van der Waals surface area contributed by atoms with Gasteiger partial charge in [0, 0.05) is 17.5 Å². The first kappa shape index (κ1) is 23.1. The van der Waals surface area contributed by atoms with Crippen LogP contribution in [0, 0.1) is 0 Å². The second-order valence-electron chi connectivity index (χ2n) is 6.98. The molecule has 0 saturated carbocycles. The van der Waals surface area contributed by atoms with Crippen LogP contribution in [0.15, 0.2) is 126 Å². The van der Waals surface area contributed by atoms with Gasteiger partial charge in [0.05, 0.1) is 17.5 Å². The van der Waals surface area contributed by atoms with E-state index in [1.54, 1.807) is 12.4 Å². The average Bonchev–Trinajstić information content (AvgIpc) is 2.87.